The van der Waals surface area contributed by atoms with Crippen molar-refractivity contribution in [1.82, 2.24) is 15.1 Å². The Morgan fingerprint density at radius 3 is 2.55 bits per heavy atom. The van der Waals surface area contributed by atoms with Crippen LogP contribution in [0.3, 0.4) is 0 Å². The Labute approximate surface area is 189 Å². The third kappa shape index (κ3) is 5.30. The molecule has 1 heterocycles. The highest BCUT2D eigenvalue weighted by atomic mass is 19.4. The Morgan fingerprint density at radius 1 is 1.18 bits per heavy atom. The molecule has 1 aliphatic carbocycles. The van der Waals surface area contributed by atoms with E-state index < -0.39 is 11.7 Å². The van der Waals surface area contributed by atoms with Gasteiger partial charge in [-0.2, -0.15) is 18.3 Å². The van der Waals surface area contributed by atoms with E-state index in [1.807, 2.05) is 12.1 Å². The number of halogens is 3. The van der Waals surface area contributed by atoms with Crippen LogP contribution in [0.2, 0.25) is 0 Å². The minimum atomic E-state index is -4.38. The van der Waals surface area contributed by atoms with Crippen molar-refractivity contribution in [2.75, 3.05) is 7.11 Å². The maximum absolute atomic E-state index is 12.7. The molecule has 1 saturated carbocycles. The van der Waals surface area contributed by atoms with E-state index in [0.29, 0.717) is 34.2 Å². The highest BCUT2D eigenvalue weighted by Gasteiger charge is 2.30. The molecule has 6 nitrogen and oxygen atoms in total. The smallest absolute Gasteiger partial charge is 0.416 e. The van der Waals surface area contributed by atoms with E-state index in [2.05, 4.69) is 10.4 Å². The van der Waals surface area contributed by atoms with E-state index >= 15 is 0 Å². The topological polar surface area (TPSA) is 65.4 Å². The third-order valence-corrected chi connectivity index (χ3v) is 5.51. The van der Waals surface area contributed by atoms with Crippen LogP contribution in [0, 0.1) is 0 Å². The predicted molar refractivity (Wildman–Crippen MR) is 115 cm³/mol. The molecule has 0 bridgehead atoms. The molecule has 1 aromatic heterocycles. The van der Waals surface area contributed by atoms with Gasteiger partial charge in [0.2, 0.25) is 0 Å². The number of nitrogens with one attached hydrogen (secondary N) is 1. The molecule has 9 heteroatoms. The summed E-state index contributed by atoms with van der Waals surface area (Å²) in [7, 11) is 3.24. The number of amides is 1. The number of hydrogen-bond acceptors (Lipinski definition) is 4. The largest absolute Gasteiger partial charge is 0.493 e. The molecule has 2 aromatic carbocycles. The number of para-hydroxylation sites is 1. The van der Waals surface area contributed by atoms with Crippen LogP contribution in [0.15, 0.2) is 48.5 Å². The minimum absolute atomic E-state index is 0.0727. The van der Waals surface area contributed by atoms with Crippen molar-refractivity contribution < 1.29 is 27.4 Å². The second kappa shape index (κ2) is 9.17. The van der Waals surface area contributed by atoms with Crippen molar-refractivity contribution in [1.29, 1.82) is 0 Å². The van der Waals surface area contributed by atoms with E-state index in [1.165, 1.54) is 19.2 Å². The van der Waals surface area contributed by atoms with Gasteiger partial charge in [0.15, 0.2) is 11.5 Å². The average molecular weight is 459 g/mol. The van der Waals surface area contributed by atoms with Crippen molar-refractivity contribution in [3.05, 3.63) is 76.6 Å². The normalized spacial score (nSPS) is 13.6. The first-order valence-corrected chi connectivity index (χ1v) is 10.5. The summed E-state index contributed by atoms with van der Waals surface area (Å²) in [6.07, 6.45) is -2.17. The standard InChI is InChI=1S/C24H24F3N3O3/c1-30-20(12-19(29-30)16-8-9-16)23(31)28-13-17-4-3-5-21(22(17)32-2)33-14-15-6-10-18(11-7-15)24(25,26)27/h3-7,10-12,16H,8-9,13-14H2,1-2H3,(H,28,31). The summed E-state index contributed by atoms with van der Waals surface area (Å²) < 4.78 is 51.1. The second-order valence-electron chi connectivity index (χ2n) is 7.97. The summed E-state index contributed by atoms with van der Waals surface area (Å²) >= 11 is 0. The average Bonchev–Trinajstić information content (AvgIpc) is 3.57. The molecule has 3 aromatic rings. The van der Waals surface area contributed by atoms with Gasteiger partial charge in [0, 0.05) is 25.1 Å². The first-order chi connectivity index (χ1) is 15.8. The van der Waals surface area contributed by atoms with Crippen LogP contribution in [-0.4, -0.2) is 22.8 Å². The van der Waals surface area contributed by atoms with Gasteiger partial charge in [0.25, 0.3) is 5.91 Å². The Kier molecular flexibility index (Phi) is 6.31. The zero-order valence-corrected chi connectivity index (χ0v) is 18.3. The van der Waals surface area contributed by atoms with E-state index in [0.717, 1.165) is 30.7 Å². The van der Waals surface area contributed by atoms with Crippen LogP contribution in [0.4, 0.5) is 13.2 Å². The fourth-order valence-electron chi connectivity index (χ4n) is 3.54. The zero-order valence-electron chi connectivity index (χ0n) is 18.3. The van der Waals surface area contributed by atoms with Crippen molar-refractivity contribution >= 4 is 5.91 Å². The number of methoxy groups -OCH3 is 1. The molecular formula is C24H24F3N3O3. The summed E-state index contributed by atoms with van der Waals surface area (Å²) in [5.74, 6) is 1.10. The van der Waals surface area contributed by atoms with Gasteiger partial charge in [-0.05, 0) is 42.7 Å². The van der Waals surface area contributed by atoms with Crippen molar-refractivity contribution in [2.24, 2.45) is 7.05 Å². The maximum Gasteiger partial charge on any atom is 0.416 e. The molecule has 0 unspecified atom stereocenters. The summed E-state index contributed by atoms with van der Waals surface area (Å²) in [6, 6.07) is 11.9. The van der Waals surface area contributed by atoms with E-state index in [4.69, 9.17) is 9.47 Å². The van der Waals surface area contributed by atoms with Crippen LogP contribution in [0.5, 0.6) is 11.5 Å². The van der Waals surface area contributed by atoms with Crippen molar-refractivity contribution in [3.8, 4) is 11.5 Å². The predicted octanol–water partition coefficient (Wildman–Crippen LogP) is 4.83. The number of rotatable bonds is 8. The van der Waals surface area contributed by atoms with E-state index in [1.54, 1.807) is 23.9 Å². The maximum atomic E-state index is 12.7. The van der Waals surface area contributed by atoms with Gasteiger partial charge in [-0.15, -0.1) is 0 Å². The zero-order chi connectivity index (χ0) is 23.6. The van der Waals surface area contributed by atoms with E-state index in [-0.39, 0.29) is 19.1 Å². The number of benzene rings is 2. The Balaban J connectivity index is 1.41. The first kappa shape index (κ1) is 22.7. The van der Waals surface area contributed by atoms with Gasteiger partial charge in [0.1, 0.15) is 12.3 Å². The van der Waals surface area contributed by atoms with Crippen LogP contribution >= 0.6 is 0 Å². The Morgan fingerprint density at radius 2 is 1.91 bits per heavy atom. The molecular weight excluding hydrogens is 435 g/mol. The summed E-state index contributed by atoms with van der Waals surface area (Å²) in [6.45, 7) is 0.284. The molecule has 0 radical (unpaired) electrons. The van der Waals surface area contributed by atoms with Crippen LogP contribution in [0.25, 0.3) is 0 Å². The highest BCUT2D eigenvalue weighted by molar-refractivity contribution is 5.92. The first-order valence-electron chi connectivity index (χ1n) is 10.5. The van der Waals surface area contributed by atoms with Crippen LogP contribution in [0.1, 0.15) is 51.6 Å². The Hall–Kier alpha value is -3.49. The molecule has 33 heavy (non-hydrogen) atoms. The molecule has 0 atom stereocenters. The molecule has 4 rings (SSSR count). The molecule has 0 saturated heterocycles. The minimum Gasteiger partial charge on any atom is -0.493 e. The lowest BCUT2D eigenvalue weighted by atomic mass is 10.1. The number of nitrogens with zero attached hydrogens (tertiary/aromatic N) is 2. The number of ether oxygens (including phenoxy) is 2. The lowest BCUT2D eigenvalue weighted by molar-refractivity contribution is -0.137. The fourth-order valence-corrected chi connectivity index (χ4v) is 3.54. The van der Waals surface area contributed by atoms with Gasteiger partial charge in [0.05, 0.1) is 18.4 Å². The molecule has 174 valence electrons. The van der Waals surface area contributed by atoms with Gasteiger partial charge in [-0.3, -0.25) is 9.48 Å². The van der Waals surface area contributed by atoms with Gasteiger partial charge >= 0.3 is 6.18 Å². The van der Waals surface area contributed by atoms with Gasteiger partial charge < -0.3 is 14.8 Å². The van der Waals surface area contributed by atoms with Crippen LogP contribution in [-0.2, 0) is 26.4 Å². The number of aryl methyl sites for hydroxylation is 1. The van der Waals surface area contributed by atoms with Crippen molar-refractivity contribution in [3.63, 3.8) is 0 Å². The Bertz CT molecular complexity index is 1140. The summed E-state index contributed by atoms with van der Waals surface area (Å²) in [5, 5.41) is 7.30. The van der Waals surface area contributed by atoms with Gasteiger partial charge in [-0.1, -0.05) is 24.3 Å². The fraction of sp³-hybridized carbons (Fsp3) is 0.333. The number of hydrogen-bond donors (Lipinski definition) is 1. The highest BCUT2D eigenvalue weighted by Crippen LogP contribution is 2.39. The number of carbonyl (C=O) groups excluding carboxylic acids is 1. The molecule has 0 spiro atoms. The molecule has 1 aliphatic rings. The van der Waals surface area contributed by atoms with Gasteiger partial charge in [-0.25, -0.2) is 0 Å². The SMILES string of the molecule is COc1c(CNC(=O)c2cc(C3CC3)nn2C)cccc1OCc1ccc(C(F)(F)F)cc1. The third-order valence-electron chi connectivity index (χ3n) is 5.51. The number of carbonyl (C=O) groups is 1. The molecule has 1 amide bonds. The van der Waals surface area contributed by atoms with Crippen molar-refractivity contribution in [2.45, 2.75) is 38.1 Å². The monoisotopic (exact) mass is 459 g/mol. The quantitative estimate of drug-likeness (QED) is 0.524. The molecule has 0 aliphatic heterocycles. The number of alkyl halides is 3. The lowest BCUT2D eigenvalue weighted by Crippen LogP contribution is -2.25. The lowest BCUT2D eigenvalue weighted by Gasteiger charge is -2.15. The molecule has 1 N–H and O–H groups in total. The summed E-state index contributed by atoms with van der Waals surface area (Å²) in [4.78, 5) is 12.7. The molecule has 1 fully saturated rings. The number of aromatic nitrogens is 2. The van der Waals surface area contributed by atoms with Crippen LogP contribution < -0.4 is 14.8 Å². The second-order valence-corrected chi connectivity index (χ2v) is 7.97. The van der Waals surface area contributed by atoms with E-state index in [9.17, 15) is 18.0 Å². The summed E-state index contributed by atoms with van der Waals surface area (Å²) in [5.41, 5.74) is 2.02.